The van der Waals surface area contributed by atoms with E-state index in [4.69, 9.17) is 19.8 Å². The van der Waals surface area contributed by atoms with Crippen molar-refractivity contribution in [3.63, 3.8) is 0 Å². The number of aliphatic carboxylic acids is 1. The quantitative estimate of drug-likeness (QED) is 0.357. The molecule has 1 aromatic rings. The highest BCUT2D eigenvalue weighted by molar-refractivity contribution is 5.67. The third-order valence-corrected chi connectivity index (χ3v) is 5.96. The standard InChI is InChI=1S/C25H35NO4/c1-18-19(2)24-21(20(3)23(18)29-17-13-22(27)28)12-15-25(4,30-24)14-10-8-6-5-7-9-11-16-26/h10,14H,5-9,11-13,15,17H2,1-4H3,(H,27,28)/b14-10+. The van der Waals surface area contributed by atoms with E-state index in [0.29, 0.717) is 6.42 Å². The lowest BCUT2D eigenvalue weighted by molar-refractivity contribution is -0.137. The van der Waals surface area contributed by atoms with E-state index in [9.17, 15) is 4.79 Å². The molecule has 5 nitrogen and oxygen atoms in total. The SMILES string of the molecule is Cc1c(C)c2c(c(C)c1OCCC(=O)O)CCC(C)(/C=C/CCCCCCC#N)O2. The minimum Gasteiger partial charge on any atom is -0.492 e. The molecule has 1 aliphatic rings. The minimum atomic E-state index is -0.854. The molecular formula is C25H35NO4. The highest BCUT2D eigenvalue weighted by Gasteiger charge is 2.32. The largest absolute Gasteiger partial charge is 0.492 e. The molecule has 0 aromatic heterocycles. The first-order valence-corrected chi connectivity index (χ1v) is 11.0. The van der Waals surface area contributed by atoms with Gasteiger partial charge in [-0.3, -0.25) is 4.79 Å². The van der Waals surface area contributed by atoms with Crippen LogP contribution in [0.25, 0.3) is 0 Å². The number of nitrogens with zero attached hydrogens (tertiary/aromatic N) is 1. The van der Waals surface area contributed by atoms with Gasteiger partial charge in [0.1, 0.15) is 17.1 Å². The lowest BCUT2D eigenvalue weighted by Crippen LogP contribution is -2.35. The summed E-state index contributed by atoms with van der Waals surface area (Å²) in [4.78, 5) is 10.8. The maximum absolute atomic E-state index is 10.8. The van der Waals surface area contributed by atoms with Gasteiger partial charge in [0.2, 0.25) is 0 Å². The van der Waals surface area contributed by atoms with Crippen LogP contribution in [0, 0.1) is 32.1 Å². The van der Waals surface area contributed by atoms with Gasteiger partial charge in [0, 0.05) is 12.0 Å². The fourth-order valence-electron chi connectivity index (χ4n) is 3.98. The Balaban J connectivity index is 2.03. The van der Waals surface area contributed by atoms with Crippen LogP contribution in [0.1, 0.15) is 80.5 Å². The third kappa shape index (κ3) is 6.26. The van der Waals surface area contributed by atoms with Crippen LogP contribution in [-0.2, 0) is 11.2 Å². The van der Waals surface area contributed by atoms with Crippen molar-refractivity contribution in [1.82, 2.24) is 0 Å². The van der Waals surface area contributed by atoms with Crippen LogP contribution in [-0.4, -0.2) is 23.3 Å². The molecule has 0 saturated heterocycles. The molecule has 1 N–H and O–H groups in total. The average Bonchev–Trinajstić information content (AvgIpc) is 2.70. The van der Waals surface area contributed by atoms with Crippen molar-refractivity contribution in [2.75, 3.05) is 6.61 Å². The van der Waals surface area contributed by atoms with Crippen molar-refractivity contribution in [1.29, 1.82) is 5.26 Å². The number of carbonyl (C=O) groups is 1. The Hall–Kier alpha value is -2.48. The van der Waals surface area contributed by atoms with E-state index in [1.165, 1.54) is 5.56 Å². The summed E-state index contributed by atoms with van der Waals surface area (Å²) in [6, 6.07) is 2.19. The molecule has 0 spiro atoms. The van der Waals surface area contributed by atoms with Crippen LogP contribution in [0.2, 0.25) is 0 Å². The van der Waals surface area contributed by atoms with Gasteiger partial charge in [-0.1, -0.05) is 18.9 Å². The van der Waals surface area contributed by atoms with Crippen LogP contribution >= 0.6 is 0 Å². The molecule has 1 aliphatic heterocycles. The number of benzene rings is 1. The van der Waals surface area contributed by atoms with E-state index in [-0.39, 0.29) is 18.6 Å². The molecule has 164 valence electrons. The maximum Gasteiger partial charge on any atom is 0.306 e. The maximum atomic E-state index is 10.8. The molecule has 0 saturated carbocycles. The number of carboxylic acid groups (broad SMARTS) is 1. The zero-order chi connectivity index (χ0) is 22.1. The highest BCUT2D eigenvalue weighted by atomic mass is 16.5. The summed E-state index contributed by atoms with van der Waals surface area (Å²) in [5.41, 5.74) is 4.00. The Bertz CT molecular complexity index is 822. The van der Waals surface area contributed by atoms with Crippen molar-refractivity contribution in [3.8, 4) is 17.6 Å². The smallest absolute Gasteiger partial charge is 0.306 e. The molecule has 30 heavy (non-hydrogen) atoms. The summed E-state index contributed by atoms with van der Waals surface area (Å²) in [5.74, 6) is 0.894. The van der Waals surface area contributed by atoms with Gasteiger partial charge in [0.05, 0.1) is 19.1 Å². The second kappa shape index (κ2) is 11.1. The molecule has 0 aliphatic carbocycles. The zero-order valence-electron chi connectivity index (χ0n) is 18.8. The summed E-state index contributed by atoms with van der Waals surface area (Å²) in [6.45, 7) is 8.41. The first-order valence-electron chi connectivity index (χ1n) is 11.0. The van der Waals surface area contributed by atoms with E-state index in [1.54, 1.807) is 0 Å². The second-order valence-corrected chi connectivity index (χ2v) is 8.43. The number of ether oxygens (including phenoxy) is 2. The number of nitriles is 1. The Morgan fingerprint density at radius 1 is 1.20 bits per heavy atom. The molecule has 0 amide bonds. The van der Waals surface area contributed by atoms with E-state index in [1.807, 2.05) is 20.8 Å². The summed E-state index contributed by atoms with van der Waals surface area (Å²) >= 11 is 0. The van der Waals surface area contributed by atoms with Crippen LogP contribution in [0.4, 0.5) is 0 Å². The second-order valence-electron chi connectivity index (χ2n) is 8.43. The number of carboxylic acids is 1. The molecule has 1 unspecified atom stereocenters. The molecule has 1 atom stereocenters. The van der Waals surface area contributed by atoms with Gasteiger partial charge in [-0.2, -0.15) is 5.26 Å². The molecule has 0 bridgehead atoms. The van der Waals surface area contributed by atoms with E-state index >= 15 is 0 Å². The molecule has 1 aromatic carbocycles. The van der Waals surface area contributed by atoms with E-state index < -0.39 is 5.97 Å². The predicted molar refractivity (Wildman–Crippen MR) is 118 cm³/mol. The summed E-state index contributed by atoms with van der Waals surface area (Å²) in [6.07, 6.45) is 12.3. The molecule has 1 heterocycles. The van der Waals surface area contributed by atoms with Gasteiger partial charge in [0.25, 0.3) is 0 Å². The fourth-order valence-corrected chi connectivity index (χ4v) is 3.98. The normalized spacial score (nSPS) is 18.0. The Morgan fingerprint density at radius 2 is 1.93 bits per heavy atom. The molecular weight excluding hydrogens is 378 g/mol. The number of unbranched alkanes of at least 4 members (excludes halogenated alkanes) is 5. The van der Waals surface area contributed by atoms with Gasteiger partial charge >= 0.3 is 5.97 Å². The number of hydrogen-bond acceptors (Lipinski definition) is 4. The lowest BCUT2D eigenvalue weighted by Gasteiger charge is -2.36. The predicted octanol–water partition coefficient (Wildman–Crippen LogP) is 5.97. The van der Waals surface area contributed by atoms with Gasteiger partial charge < -0.3 is 14.6 Å². The van der Waals surface area contributed by atoms with Crippen LogP contribution < -0.4 is 9.47 Å². The Morgan fingerprint density at radius 3 is 2.63 bits per heavy atom. The van der Waals surface area contributed by atoms with Gasteiger partial charge in [-0.15, -0.1) is 0 Å². The Kier molecular flexibility index (Phi) is 8.77. The number of fused-ring (bicyclic) bond motifs is 1. The first kappa shape index (κ1) is 23.8. The van der Waals surface area contributed by atoms with Crippen LogP contribution in [0.15, 0.2) is 12.2 Å². The minimum absolute atomic E-state index is 0.00724. The average molecular weight is 414 g/mol. The van der Waals surface area contributed by atoms with Gasteiger partial charge in [-0.05, 0) is 82.6 Å². The monoisotopic (exact) mass is 413 g/mol. The first-order chi connectivity index (χ1) is 14.3. The Labute approximate surface area is 180 Å². The van der Waals surface area contributed by atoms with Gasteiger partial charge in [-0.25, -0.2) is 0 Å². The molecule has 0 radical (unpaired) electrons. The molecule has 2 rings (SSSR count). The van der Waals surface area contributed by atoms with Crippen LogP contribution in [0.5, 0.6) is 11.5 Å². The lowest BCUT2D eigenvalue weighted by atomic mass is 9.86. The summed E-state index contributed by atoms with van der Waals surface area (Å²) in [7, 11) is 0. The number of hydrogen-bond donors (Lipinski definition) is 1. The van der Waals surface area contributed by atoms with Crippen molar-refractivity contribution < 1.29 is 19.4 Å². The summed E-state index contributed by atoms with van der Waals surface area (Å²) in [5, 5.41) is 17.4. The van der Waals surface area contributed by atoms with Crippen molar-refractivity contribution in [2.24, 2.45) is 0 Å². The molecule has 5 heteroatoms. The van der Waals surface area contributed by atoms with Crippen molar-refractivity contribution in [2.45, 2.75) is 91.1 Å². The zero-order valence-corrected chi connectivity index (χ0v) is 18.8. The topological polar surface area (TPSA) is 79.5 Å². The van der Waals surface area contributed by atoms with Gasteiger partial charge in [0.15, 0.2) is 0 Å². The van der Waals surface area contributed by atoms with Crippen molar-refractivity contribution in [3.05, 3.63) is 34.4 Å². The number of allylic oxidation sites excluding steroid dienone is 1. The summed E-state index contributed by atoms with van der Waals surface area (Å²) < 4.78 is 12.3. The molecule has 0 fully saturated rings. The fraction of sp³-hybridized carbons (Fsp3) is 0.600. The van der Waals surface area contributed by atoms with E-state index in [0.717, 1.165) is 73.1 Å². The number of rotatable bonds is 11. The van der Waals surface area contributed by atoms with Crippen LogP contribution in [0.3, 0.4) is 0 Å². The van der Waals surface area contributed by atoms with E-state index in [2.05, 4.69) is 25.1 Å². The van der Waals surface area contributed by atoms with Crippen molar-refractivity contribution >= 4 is 5.97 Å². The highest BCUT2D eigenvalue weighted by Crippen LogP contribution is 2.44. The third-order valence-electron chi connectivity index (χ3n) is 5.96.